The van der Waals surface area contributed by atoms with Crippen LogP contribution in [0.2, 0.25) is 0 Å². The fourth-order valence-electron chi connectivity index (χ4n) is 2.47. The molecule has 0 fully saturated rings. The number of nitrogens with one attached hydrogen (secondary N) is 2. The van der Waals surface area contributed by atoms with E-state index in [1.54, 1.807) is 31.3 Å². The Labute approximate surface area is 153 Å². The van der Waals surface area contributed by atoms with Crippen molar-refractivity contribution in [1.82, 2.24) is 4.90 Å². The predicted molar refractivity (Wildman–Crippen MR) is 102 cm³/mol. The molecule has 0 spiro atoms. The Morgan fingerprint density at radius 3 is 2.27 bits per heavy atom. The molecule has 0 aliphatic carbocycles. The summed E-state index contributed by atoms with van der Waals surface area (Å²) < 4.78 is 0. The van der Waals surface area contributed by atoms with Crippen LogP contribution < -0.4 is 10.6 Å². The fraction of sp³-hybridized carbons (Fsp3) is 0.250. The number of carbonyl (C=O) groups excluding carboxylic acids is 2. The third-order valence-corrected chi connectivity index (χ3v) is 4.01. The van der Waals surface area contributed by atoms with E-state index in [-0.39, 0.29) is 24.9 Å². The van der Waals surface area contributed by atoms with Crippen molar-refractivity contribution in [2.75, 3.05) is 30.8 Å². The number of hydrogen-bond acceptors (Lipinski definition) is 4. The topological polar surface area (TPSA) is 85.2 Å². The number of aryl methyl sites for hydroxylation is 2. The highest BCUT2D eigenvalue weighted by Crippen LogP contribution is 2.19. The molecule has 0 radical (unpaired) electrons. The third kappa shape index (κ3) is 5.08. The molecule has 2 N–H and O–H groups in total. The number of nitriles is 1. The first-order chi connectivity index (χ1) is 12.4. The summed E-state index contributed by atoms with van der Waals surface area (Å²) in [7, 11) is 1.59. The molecule has 6 nitrogen and oxygen atoms in total. The molecule has 0 saturated heterocycles. The van der Waals surface area contributed by atoms with Gasteiger partial charge in [-0.1, -0.05) is 18.2 Å². The molecular weight excluding hydrogens is 328 g/mol. The Hall–Kier alpha value is -3.33. The number of nitrogens with zero attached hydrogens (tertiary/aromatic N) is 2. The van der Waals surface area contributed by atoms with E-state index in [1.807, 2.05) is 38.1 Å². The van der Waals surface area contributed by atoms with Gasteiger partial charge in [0.25, 0.3) is 0 Å². The van der Waals surface area contributed by atoms with Crippen molar-refractivity contribution in [2.45, 2.75) is 13.8 Å². The second kappa shape index (κ2) is 8.67. The van der Waals surface area contributed by atoms with Crippen molar-refractivity contribution in [3.05, 3.63) is 59.2 Å². The summed E-state index contributed by atoms with van der Waals surface area (Å²) in [6.07, 6.45) is 0. The van der Waals surface area contributed by atoms with Crippen LogP contribution in [0.5, 0.6) is 0 Å². The van der Waals surface area contributed by atoms with Crippen LogP contribution in [0.15, 0.2) is 42.5 Å². The molecule has 2 aromatic rings. The Bertz CT molecular complexity index is 818. The van der Waals surface area contributed by atoms with E-state index in [2.05, 4.69) is 10.6 Å². The summed E-state index contributed by atoms with van der Waals surface area (Å²) in [5.41, 5.74) is 4.05. The van der Waals surface area contributed by atoms with Crippen LogP contribution in [0.1, 0.15) is 16.7 Å². The summed E-state index contributed by atoms with van der Waals surface area (Å²) in [5, 5.41) is 14.6. The number of hydrogen-bond donors (Lipinski definition) is 2. The van der Waals surface area contributed by atoms with E-state index < -0.39 is 0 Å². The molecule has 0 aliphatic heterocycles. The van der Waals surface area contributed by atoms with Gasteiger partial charge in [-0.05, 0) is 49.2 Å². The van der Waals surface area contributed by atoms with Crippen molar-refractivity contribution in [1.29, 1.82) is 5.26 Å². The van der Waals surface area contributed by atoms with Crippen molar-refractivity contribution < 1.29 is 9.59 Å². The number of rotatable bonds is 6. The van der Waals surface area contributed by atoms with E-state index in [1.165, 1.54) is 4.90 Å². The van der Waals surface area contributed by atoms with Crippen LogP contribution in [0.3, 0.4) is 0 Å². The Balaban J connectivity index is 1.86. The van der Waals surface area contributed by atoms with Gasteiger partial charge < -0.3 is 15.5 Å². The van der Waals surface area contributed by atoms with Crippen LogP contribution >= 0.6 is 0 Å². The van der Waals surface area contributed by atoms with Crippen molar-refractivity contribution in [3.63, 3.8) is 0 Å². The molecule has 2 aromatic carbocycles. The smallest absolute Gasteiger partial charge is 0.243 e. The molecule has 0 atom stereocenters. The van der Waals surface area contributed by atoms with Gasteiger partial charge in [0.05, 0.1) is 24.7 Å². The molecule has 26 heavy (non-hydrogen) atoms. The Kier molecular flexibility index (Phi) is 6.34. The molecule has 6 heteroatoms. The molecule has 0 heterocycles. The normalized spacial score (nSPS) is 9.92. The second-order valence-corrected chi connectivity index (χ2v) is 6.11. The van der Waals surface area contributed by atoms with E-state index >= 15 is 0 Å². The van der Waals surface area contributed by atoms with Crippen LogP contribution in [-0.2, 0) is 9.59 Å². The molecule has 0 unspecified atom stereocenters. The summed E-state index contributed by atoms with van der Waals surface area (Å²) in [5.74, 6) is -0.442. The monoisotopic (exact) mass is 350 g/mol. The van der Waals surface area contributed by atoms with Gasteiger partial charge in [-0.15, -0.1) is 0 Å². The molecule has 0 aromatic heterocycles. The number of benzene rings is 2. The minimum absolute atomic E-state index is 0.0261. The predicted octanol–water partition coefficient (Wildman–Crippen LogP) is 2.68. The lowest BCUT2D eigenvalue weighted by Crippen LogP contribution is -2.38. The average Bonchev–Trinajstić information content (AvgIpc) is 2.63. The first kappa shape index (κ1) is 19.0. The highest BCUT2D eigenvalue weighted by Gasteiger charge is 2.14. The molecule has 2 amide bonds. The standard InChI is InChI=1S/C20H22N4O2/c1-14-5-4-6-15(2)20(14)23-18(25)13-24(3)19(26)12-22-17-9-7-16(11-21)8-10-17/h4-10,22H,12-13H2,1-3H3,(H,23,25). The van der Waals surface area contributed by atoms with Crippen molar-refractivity contribution in [2.24, 2.45) is 0 Å². The minimum atomic E-state index is -0.239. The van der Waals surface area contributed by atoms with Gasteiger partial charge >= 0.3 is 0 Å². The first-order valence-corrected chi connectivity index (χ1v) is 8.24. The minimum Gasteiger partial charge on any atom is -0.376 e. The zero-order valence-electron chi connectivity index (χ0n) is 15.2. The van der Waals surface area contributed by atoms with Crippen LogP contribution in [0.25, 0.3) is 0 Å². The summed E-state index contributed by atoms with van der Waals surface area (Å²) >= 11 is 0. The summed E-state index contributed by atoms with van der Waals surface area (Å²) in [6.45, 7) is 3.90. The Morgan fingerprint density at radius 1 is 1.08 bits per heavy atom. The van der Waals surface area contributed by atoms with Gasteiger partial charge in [0.1, 0.15) is 0 Å². The van der Waals surface area contributed by atoms with Gasteiger partial charge in [-0.2, -0.15) is 5.26 Å². The van der Waals surface area contributed by atoms with Gasteiger partial charge in [0, 0.05) is 18.4 Å². The van der Waals surface area contributed by atoms with Crippen molar-refractivity contribution >= 4 is 23.2 Å². The maximum absolute atomic E-state index is 12.2. The molecule has 2 rings (SSSR count). The SMILES string of the molecule is Cc1cccc(C)c1NC(=O)CN(C)C(=O)CNc1ccc(C#N)cc1. The molecular formula is C20H22N4O2. The lowest BCUT2D eigenvalue weighted by molar-refractivity contribution is -0.131. The molecule has 0 aliphatic rings. The highest BCUT2D eigenvalue weighted by atomic mass is 16.2. The Morgan fingerprint density at radius 2 is 1.69 bits per heavy atom. The van der Waals surface area contributed by atoms with E-state index in [0.717, 1.165) is 22.5 Å². The van der Waals surface area contributed by atoms with Gasteiger partial charge in [-0.3, -0.25) is 9.59 Å². The third-order valence-electron chi connectivity index (χ3n) is 4.01. The van der Waals surface area contributed by atoms with Gasteiger partial charge in [0.15, 0.2) is 0 Å². The second-order valence-electron chi connectivity index (χ2n) is 6.11. The number of carbonyl (C=O) groups is 2. The first-order valence-electron chi connectivity index (χ1n) is 8.24. The van der Waals surface area contributed by atoms with Crippen LogP contribution in [-0.4, -0.2) is 36.9 Å². The summed E-state index contributed by atoms with van der Waals surface area (Å²) in [6, 6.07) is 14.7. The van der Waals surface area contributed by atoms with E-state index in [0.29, 0.717) is 5.56 Å². The zero-order chi connectivity index (χ0) is 19.1. The zero-order valence-corrected chi connectivity index (χ0v) is 15.2. The molecule has 0 bridgehead atoms. The number of para-hydroxylation sites is 1. The lowest BCUT2D eigenvalue weighted by Gasteiger charge is -2.18. The molecule has 0 saturated carbocycles. The van der Waals surface area contributed by atoms with Crippen LogP contribution in [0, 0.1) is 25.2 Å². The maximum atomic E-state index is 12.2. The van der Waals surface area contributed by atoms with Gasteiger partial charge in [0.2, 0.25) is 11.8 Å². The average molecular weight is 350 g/mol. The maximum Gasteiger partial charge on any atom is 0.243 e. The van der Waals surface area contributed by atoms with Crippen LogP contribution in [0.4, 0.5) is 11.4 Å². The molecule has 134 valence electrons. The quantitative estimate of drug-likeness (QED) is 0.839. The number of amides is 2. The van der Waals surface area contributed by atoms with Gasteiger partial charge in [-0.25, -0.2) is 0 Å². The van der Waals surface area contributed by atoms with E-state index in [4.69, 9.17) is 5.26 Å². The fourth-order valence-corrected chi connectivity index (χ4v) is 2.47. The lowest BCUT2D eigenvalue weighted by atomic mass is 10.1. The largest absolute Gasteiger partial charge is 0.376 e. The van der Waals surface area contributed by atoms with E-state index in [9.17, 15) is 9.59 Å². The highest BCUT2D eigenvalue weighted by molar-refractivity contribution is 5.96. The number of likely N-dealkylation sites (N-methyl/N-ethyl adjacent to an activating group) is 1. The number of anilines is 2. The summed E-state index contributed by atoms with van der Waals surface area (Å²) in [4.78, 5) is 25.8. The van der Waals surface area contributed by atoms with Crippen molar-refractivity contribution in [3.8, 4) is 6.07 Å².